The fourth-order valence-electron chi connectivity index (χ4n) is 2.64. The van der Waals surface area contributed by atoms with E-state index >= 15 is 0 Å². The minimum atomic E-state index is -0.257. The van der Waals surface area contributed by atoms with Gasteiger partial charge in [-0.25, -0.2) is 4.98 Å². The Labute approximate surface area is 160 Å². The molecule has 0 saturated carbocycles. The number of ether oxygens (including phenoxy) is 3. The van der Waals surface area contributed by atoms with Gasteiger partial charge in [0.05, 0.1) is 12.8 Å². The molecule has 0 aliphatic carbocycles. The quantitative estimate of drug-likeness (QED) is 0.672. The number of para-hydroxylation sites is 1. The Morgan fingerprint density at radius 1 is 1.22 bits per heavy atom. The van der Waals surface area contributed by atoms with Crippen LogP contribution in [0.4, 0.5) is 5.13 Å². The van der Waals surface area contributed by atoms with Gasteiger partial charge >= 0.3 is 0 Å². The number of aromatic nitrogens is 1. The number of hydrogen-bond acceptors (Lipinski definition) is 6. The molecular formula is C20H16N2O4S. The van der Waals surface area contributed by atoms with Gasteiger partial charge in [0.15, 0.2) is 16.6 Å². The van der Waals surface area contributed by atoms with Crippen LogP contribution in [-0.2, 0) is 4.79 Å². The number of fused-ring (bicyclic) bond motifs is 1. The zero-order chi connectivity index (χ0) is 18.6. The van der Waals surface area contributed by atoms with E-state index in [1.54, 1.807) is 13.2 Å². The lowest BCUT2D eigenvalue weighted by Crippen LogP contribution is -2.07. The van der Waals surface area contributed by atoms with E-state index in [1.807, 2.05) is 47.8 Å². The molecular weight excluding hydrogens is 364 g/mol. The zero-order valence-corrected chi connectivity index (χ0v) is 15.3. The summed E-state index contributed by atoms with van der Waals surface area (Å²) in [5.41, 5.74) is 2.50. The number of carbonyl (C=O) groups excluding carboxylic acids is 1. The van der Waals surface area contributed by atoms with Crippen LogP contribution < -0.4 is 19.5 Å². The fourth-order valence-corrected chi connectivity index (χ4v) is 3.36. The van der Waals surface area contributed by atoms with E-state index in [2.05, 4.69) is 10.3 Å². The largest absolute Gasteiger partial charge is 0.496 e. The van der Waals surface area contributed by atoms with E-state index in [-0.39, 0.29) is 12.7 Å². The second kappa shape index (κ2) is 7.51. The predicted octanol–water partition coefficient (Wildman–Crippen LogP) is 4.20. The first-order chi connectivity index (χ1) is 13.2. The zero-order valence-electron chi connectivity index (χ0n) is 14.5. The highest BCUT2D eigenvalue weighted by atomic mass is 32.1. The van der Waals surface area contributed by atoms with Crippen molar-refractivity contribution in [3.8, 4) is 28.5 Å². The highest BCUT2D eigenvalue weighted by molar-refractivity contribution is 7.14. The second-order valence-corrected chi connectivity index (χ2v) is 6.53. The van der Waals surface area contributed by atoms with Crippen LogP contribution in [0.3, 0.4) is 0 Å². The first kappa shape index (κ1) is 17.1. The molecule has 1 aliphatic heterocycles. The molecule has 0 fully saturated rings. The smallest absolute Gasteiger partial charge is 0.250 e. The molecule has 0 spiro atoms. The number of amides is 1. The van der Waals surface area contributed by atoms with Gasteiger partial charge in [0.2, 0.25) is 12.7 Å². The standard InChI is InChI=1S/C20H16N2O4S/c1-24-16-5-3-2-4-13(16)7-9-19(23)22-20-21-15(11-27-20)14-6-8-17-18(10-14)26-12-25-17/h2-11H,12H2,1H3,(H,21,22,23)/b9-7+. The third-order valence-electron chi connectivity index (χ3n) is 3.96. The Morgan fingerprint density at radius 2 is 2.07 bits per heavy atom. The maximum atomic E-state index is 12.2. The normalized spacial score (nSPS) is 12.3. The van der Waals surface area contributed by atoms with Gasteiger partial charge in [-0.05, 0) is 30.3 Å². The Morgan fingerprint density at radius 3 is 2.96 bits per heavy atom. The minimum Gasteiger partial charge on any atom is -0.496 e. The SMILES string of the molecule is COc1ccccc1/C=C/C(=O)Nc1nc(-c2ccc3c(c2)OCO3)cs1. The molecule has 27 heavy (non-hydrogen) atoms. The average molecular weight is 380 g/mol. The number of rotatable bonds is 5. The van der Waals surface area contributed by atoms with Crippen molar-refractivity contribution in [2.24, 2.45) is 0 Å². The molecule has 1 amide bonds. The summed E-state index contributed by atoms with van der Waals surface area (Å²) in [6.45, 7) is 0.232. The summed E-state index contributed by atoms with van der Waals surface area (Å²) in [5.74, 6) is 1.88. The van der Waals surface area contributed by atoms with E-state index < -0.39 is 0 Å². The van der Waals surface area contributed by atoms with E-state index in [0.717, 1.165) is 22.6 Å². The van der Waals surface area contributed by atoms with Crippen LogP contribution >= 0.6 is 11.3 Å². The Kier molecular flexibility index (Phi) is 4.76. The number of benzene rings is 2. The molecule has 7 heteroatoms. The predicted molar refractivity (Wildman–Crippen MR) is 104 cm³/mol. The monoisotopic (exact) mass is 380 g/mol. The Bertz CT molecular complexity index is 1010. The topological polar surface area (TPSA) is 69.7 Å². The van der Waals surface area contributed by atoms with E-state index in [4.69, 9.17) is 14.2 Å². The molecule has 1 N–H and O–H groups in total. The number of carbonyl (C=O) groups is 1. The van der Waals surface area contributed by atoms with Gasteiger partial charge in [-0.3, -0.25) is 10.1 Å². The second-order valence-electron chi connectivity index (χ2n) is 5.67. The van der Waals surface area contributed by atoms with Crippen molar-refractivity contribution in [1.82, 2.24) is 4.98 Å². The lowest BCUT2D eigenvalue weighted by molar-refractivity contribution is -0.111. The number of thiazole rings is 1. The van der Waals surface area contributed by atoms with Crippen molar-refractivity contribution in [2.75, 3.05) is 19.2 Å². The van der Waals surface area contributed by atoms with Gasteiger partial charge in [0, 0.05) is 22.6 Å². The lowest BCUT2D eigenvalue weighted by atomic mass is 10.1. The number of hydrogen-bond donors (Lipinski definition) is 1. The van der Waals surface area contributed by atoms with Crippen molar-refractivity contribution in [3.63, 3.8) is 0 Å². The molecule has 136 valence electrons. The lowest BCUT2D eigenvalue weighted by Gasteiger charge is -2.03. The molecule has 0 atom stereocenters. The summed E-state index contributed by atoms with van der Waals surface area (Å²) in [6, 6.07) is 13.1. The van der Waals surface area contributed by atoms with Crippen molar-refractivity contribution in [3.05, 3.63) is 59.5 Å². The average Bonchev–Trinajstić information content (AvgIpc) is 3.35. The van der Waals surface area contributed by atoms with Crippen LogP contribution in [0.2, 0.25) is 0 Å². The molecule has 3 aromatic rings. The first-order valence-corrected chi connectivity index (χ1v) is 9.08. The minimum absolute atomic E-state index is 0.232. The van der Waals surface area contributed by atoms with Gasteiger partial charge in [0.1, 0.15) is 5.75 Å². The van der Waals surface area contributed by atoms with Crippen LogP contribution in [0.15, 0.2) is 53.9 Å². The van der Waals surface area contributed by atoms with Crippen LogP contribution in [-0.4, -0.2) is 24.8 Å². The van der Waals surface area contributed by atoms with Crippen molar-refractivity contribution >= 4 is 28.5 Å². The molecule has 2 heterocycles. The van der Waals surface area contributed by atoms with Gasteiger partial charge in [-0.2, -0.15) is 0 Å². The maximum absolute atomic E-state index is 12.2. The number of nitrogens with zero attached hydrogens (tertiary/aromatic N) is 1. The van der Waals surface area contributed by atoms with Crippen LogP contribution in [0.5, 0.6) is 17.2 Å². The third-order valence-corrected chi connectivity index (χ3v) is 4.71. The number of anilines is 1. The summed E-state index contributed by atoms with van der Waals surface area (Å²) < 4.78 is 16.0. The summed E-state index contributed by atoms with van der Waals surface area (Å²) in [6.07, 6.45) is 3.17. The van der Waals surface area contributed by atoms with Crippen LogP contribution in [0.1, 0.15) is 5.56 Å². The molecule has 1 aromatic heterocycles. The molecule has 0 bridgehead atoms. The van der Waals surface area contributed by atoms with Crippen molar-refractivity contribution < 1.29 is 19.0 Å². The van der Waals surface area contributed by atoms with E-state index in [9.17, 15) is 4.79 Å². The van der Waals surface area contributed by atoms with E-state index in [1.165, 1.54) is 17.4 Å². The van der Waals surface area contributed by atoms with Crippen LogP contribution in [0.25, 0.3) is 17.3 Å². The third kappa shape index (κ3) is 3.78. The molecule has 1 aliphatic rings. The molecule has 6 nitrogen and oxygen atoms in total. The summed E-state index contributed by atoms with van der Waals surface area (Å²) in [4.78, 5) is 16.6. The fraction of sp³-hybridized carbons (Fsp3) is 0.100. The summed E-state index contributed by atoms with van der Waals surface area (Å²) in [7, 11) is 1.60. The number of nitrogens with one attached hydrogen (secondary N) is 1. The molecule has 2 aromatic carbocycles. The Hall–Kier alpha value is -3.32. The van der Waals surface area contributed by atoms with E-state index in [0.29, 0.717) is 16.6 Å². The highest BCUT2D eigenvalue weighted by Gasteiger charge is 2.15. The Balaban J connectivity index is 1.44. The number of methoxy groups -OCH3 is 1. The first-order valence-electron chi connectivity index (χ1n) is 8.20. The van der Waals surface area contributed by atoms with Crippen molar-refractivity contribution in [2.45, 2.75) is 0 Å². The molecule has 0 radical (unpaired) electrons. The van der Waals surface area contributed by atoms with Crippen LogP contribution in [0, 0.1) is 0 Å². The van der Waals surface area contributed by atoms with Gasteiger partial charge in [0.25, 0.3) is 0 Å². The highest BCUT2D eigenvalue weighted by Crippen LogP contribution is 2.36. The van der Waals surface area contributed by atoms with Crippen molar-refractivity contribution in [1.29, 1.82) is 0 Å². The summed E-state index contributed by atoms with van der Waals surface area (Å²) >= 11 is 1.36. The molecule has 0 saturated heterocycles. The van der Waals surface area contributed by atoms with Gasteiger partial charge in [-0.1, -0.05) is 18.2 Å². The molecule has 0 unspecified atom stereocenters. The van der Waals surface area contributed by atoms with Gasteiger partial charge < -0.3 is 14.2 Å². The van der Waals surface area contributed by atoms with Gasteiger partial charge in [-0.15, -0.1) is 11.3 Å². The maximum Gasteiger partial charge on any atom is 0.250 e. The summed E-state index contributed by atoms with van der Waals surface area (Å²) in [5, 5.41) is 5.19. The molecule has 4 rings (SSSR count).